The van der Waals surface area contributed by atoms with Crippen molar-refractivity contribution < 1.29 is 28.6 Å². The number of hydrogen-bond acceptors (Lipinski definition) is 6. The standard InChI is InChI=1S/C57H92O6/c1-4-7-10-13-16-19-22-24-26-27-28-29-31-32-35-38-41-44-47-50-56(59)62-53-54(52-61-55(58)49-46-43-40-37-34-21-18-15-12-9-6-3)63-57(60)51-48-45-42-39-36-33-30-25-23-20-17-14-11-8-5-2/h7-8,10-11,15-20,24-26,28-30,32,35,54H,4-6,9,12-14,21-23,27,31,33-34,36-53H2,1-3H3/b10-7-,11-8-,18-15-,19-16-,20-17-,26-24-,29-28-,30-25-,35-32-/t54-/m1/s1. The van der Waals surface area contributed by atoms with Crippen LogP contribution in [0.2, 0.25) is 0 Å². The van der Waals surface area contributed by atoms with Crippen LogP contribution in [-0.2, 0) is 28.6 Å². The number of esters is 3. The van der Waals surface area contributed by atoms with Gasteiger partial charge >= 0.3 is 17.9 Å². The zero-order valence-corrected chi connectivity index (χ0v) is 40.5. The normalized spacial score (nSPS) is 13.0. The SMILES string of the molecule is CC/C=C\C/C=C\C/C=C\C/C=C\C/C=C\CCCCCC(=O)OC[C@@H](COC(=O)CCCCCCC/C=C\CCCC)OC(=O)CCCCCCC/C=C\C/C=C\C/C=C\CC. The molecule has 6 nitrogen and oxygen atoms in total. The molecule has 0 saturated heterocycles. The van der Waals surface area contributed by atoms with Crippen molar-refractivity contribution in [1.82, 2.24) is 0 Å². The minimum absolute atomic E-state index is 0.102. The van der Waals surface area contributed by atoms with Crippen LogP contribution >= 0.6 is 0 Å². The maximum atomic E-state index is 12.8. The Kier molecular flexibility index (Phi) is 47.5. The Morgan fingerprint density at radius 3 is 1.00 bits per heavy atom. The van der Waals surface area contributed by atoms with E-state index in [2.05, 4.69) is 130 Å². The maximum absolute atomic E-state index is 12.8. The molecule has 0 amide bonds. The summed E-state index contributed by atoms with van der Waals surface area (Å²) >= 11 is 0. The van der Waals surface area contributed by atoms with E-state index >= 15 is 0 Å². The van der Waals surface area contributed by atoms with Crippen molar-refractivity contribution in [2.75, 3.05) is 13.2 Å². The number of carbonyl (C=O) groups excluding carboxylic acids is 3. The second kappa shape index (κ2) is 50.7. The lowest BCUT2D eigenvalue weighted by Gasteiger charge is -2.18. The Morgan fingerprint density at radius 1 is 0.333 bits per heavy atom. The molecule has 0 aliphatic heterocycles. The van der Waals surface area contributed by atoms with Crippen LogP contribution in [0.4, 0.5) is 0 Å². The van der Waals surface area contributed by atoms with Gasteiger partial charge < -0.3 is 14.2 Å². The van der Waals surface area contributed by atoms with Crippen molar-refractivity contribution in [3.8, 4) is 0 Å². The predicted molar refractivity (Wildman–Crippen MR) is 270 cm³/mol. The third-order valence-electron chi connectivity index (χ3n) is 10.2. The van der Waals surface area contributed by atoms with Gasteiger partial charge in [0.15, 0.2) is 6.10 Å². The predicted octanol–water partition coefficient (Wildman–Crippen LogP) is 16.8. The van der Waals surface area contributed by atoms with Crippen LogP contribution in [0, 0.1) is 0 Å². The first-order valence-electron chi connectivity index (χ1n) is 25.4. The van der Waals surface area contributed by atoms with E-state index in [0.29, 0.717) is 19.3 Å². The summed E-state index contributed by atoms with van der Waals surface area (Å²) in [4.78, 5) is 37.9. The summed E-state index contributed by atoms with van der Waals surface area (Å²) in [6, 6.07) is 0. The van der Waals surface area contributed by atoms with Crippen LogP contribution in [0.3, 0.4) is 0 Å². The molecule has 356 valence electrons. The van der Waals surface area contributed by atoms with Gasteiger partial charge in [0.05, 0.1) is 0 Å². The number of carbonyl (C=O) groups is 3. The molecule has 0 heterocycles. The molecule has 6 heteroatoms. The Labute approximate surface area is 387 Å². The minimum atomic E-state index is -0.805. The number of ether oxygens (including phenoxy) is 3. The van der Waals surface area contributed by atoms with E-state index in [9.17, 15) is 14.4 Å². The Bertz CT molecular complexity index is 1330. The van der Waals surface area contributed by atoms with E-state index in [-0.39, 0.29) is 31.1 Å². The first-order chi connectivity index (χ1) is 31.0. The van der Waals surface area contributed by atoms with Gasteiger partial charge in [-0.15, -0.1) is 0 Å². The van der Waals surface area contributed by atoms with E-state index in [1.807, 2.05) is 0 Å². The number of rotatable bonds is 44. The van der Waals surface area contributed by atoms with Crippen molar-refractivity contribution in [1.29, 1.82) is 0 Å². The molecule has 0 aromatic heterocycles. The Morgan fingerprint density at radius 2 is 0.619 bits per heavy atom. The molecule has 0 radical (unpaired) electrons. The number of allylic oxidation sites excluding steroid dienone is 18. The molecule has 0 fully saturated rings. The Balaban J connectivity index is 4.48. The summed E-state index contributed by atoms with van der Waals surface area (Å²) in [5.74, 6) is -0.969. The summed E-state index contributed by atoms with van der Waals surface area (Å²) in [5, 5.41) is 0. The van der Waals surface area contributed by atoms with E-state index in [4.69, 9.17) is 14.2 Å². The molecule has 0 saturated carbocycles. The summed E-state index contributed by atoms with van der Waals surface area (Å²) in [6.45, 7) is 6.30. The molecular weight excluding hydrogens is 781 g/mol. The van der Waals surface area contributed by atoms with Crippen LogP contribution < -0.4 is 0 Å². The van der Waals surface area contributed by atoms with E-state index in [1.165, 1.54) is 25.7 Å². The zero-order valence-electron chi connectivity index (χ0n) is 40.5. The fourth-order valence-corrected chi connectivity index (χ4v) is 6.46. The zero-order chi connectivity index (χ0) is 45.8. The first kappa shape index (κ1) is 59.1. The van der Waals surface area contributed by atoms with Crippen LogP contribution in [0.25, 0.3) is 0 Å². The topological polar surface area (TPSA) is 78.9 Å². The van der Waals surface area contributed by atoms with Crippen molar-refractivity contribution in [2.45, 2.75) is 219 Å². The molecule has 0 aliphatic carbocycles. The Hall–Kier alpha value is -3.93. The van der Waals surface area contributed by atoms with Gasteiger partial charge in [-0.05, 0) is 116 Å². The van der Waals surface area contributed by atoms with E-state index < -0.39 is 6.10 Å². The minimum Gasteiger partial charge on any atom is -0.462 e. The van der Waals surface area contributed by atoms with Crippen LogP contribution in [0.5, 0.6) is 0 Å². The summed E-state index contributed by atoms with van der Waals surface area (Å²) in [5.41, 5.74) is 0. The summed E-state index contributed by atoms with van der Waals surface area (Å²) in [7, 11) is 0. The fourth-order valence-electron chi connectivity index (χ4n) is 6.46. The average Bonchev–Trinajstić information content (AvgIpc) is 3.28. The van der Waals surface area contributed by atoms with Crippen LogP contribution in [-0.4, -0.2) is 37.2 Å². The molecule has 1 atom stereocenters. The van der Waals surface area contributed by atoms with Gasteiger partial charge in [-0.2, -0.15) is 0 Å². The number of hydrogen-bond donors (Lipinski definition) is 0. The van der Waals surface area contributed by atoms with Gasteiger partial charge in [0.25, 0.3) is 0 Å². The molecule has 0 spiro atoms. The monoisotopic (exact) mass is 873 g/mol. The molecule has 0 aromatic carbocycles. The lowest BCUT2D eigenvalue weighted by molar-refractivity contribution is -0.167. The molecule has 0 bridgehead atoms. The largest absolute Gasteiger partial charge is 0.462 e. The summed E-state index contributed by atoms with van der Waals surface area (Å²) in [6.07, 6.45) is 67.8. The maximum Gasteiger partial charge on any atom is 0.306 e. The van der Waals surface area contributed by atoms with Crippen molar-refractivity contribution in [3.05, 3.63) is 109 Å². The quantitative estimate of drug-likeness (QED) is 0.0263. The highest BCUT2D eigenvalue weighted by atomic mass is 16.6. The van der Waals surface area contributed by atoms with Gasteiger partial charge in [0, 0.05) is 19.3 Å². The highest BCUT2D eigenvalue weighted by molar-refractivity contribution is 5.71. The summed E-state index contributed by atoms with van der Waals surface area (Å²) < 4.78 is 16.7. The number of unbranched alkanes of at least 4 members (excludes halogenated alkanes) is 15. The van der Waals surface area contributed by atoms with Gasteiger partial charge in [0.2, 0.25) is 0 Å². The van der Waals surface area contributed by atoms with Crippen LogP contribution in [0.1, 0.15) is 213 Å². The third-order valence-corrected chi connectivity index (χ3v) is 10.2. The lowest BCUT2D eigenvalue weighted by atomic mass is 10.1. The van der Waals surface area contributed by atoms with Gasteiger partial charge in [0.1, 0.15) is 13.2 Å². The first-order valence-corrected chi connectivity index (χ1v) is 25.4. The van der Waals surface area contributed by atoms with Gasteiger partial charge in [-0.1, -0.05) is 188 Å². The highest BCUT2D eigenvalue weighted by Gasteiger charge is 2.19. The molecule has 0 aromatic rings. The van der Waals surface area contributed by atoms with Crippen LogP contribution in [0.15, 0.2) is 109 Å². The lowest BCUT2D eigenvalue weighted by Crippen LogP contribution is -2.30. The second-order valence-electron chi connectivity index (χ2n) is 16.3. The van der Waals surface area contributed by atoms with Crippen molar-refractivity contribution in [2.24, 2.45) is 0 Å². The third kappa shape index (κ3) is 49.0. The smallest absolute Gasteiger partial charge is 0.306 e. The van der Waals surface area contributed by atoms with Gasteiger partial charge in [-0.25, -0.2) is 0 Å². The average molecular weight is 873 g/mol. The van der Waals surface area contributed by atoms with E-state index in [1.54, 1.807) is 0 Å². The highest BCUT2D eigenvalue weighted by Crippen LogP contribution is 2.13. The molecule has 0 N–H and O–H groups in total. The van der Waals surface area contributed by atoms with Crippen molar-refractivity contribution in [3.63, 3.8) is 0 Å². The molecular formula is C57H92O6. The van der Waals surface area contributed by atoms with E-state index in [0.717, 1.165) is 148 Å². The fraction of sp³-hybridized carbons (Fsp3) is 0.632. The molecule has 0 aliphatic rings. The molecule has 63 heavy (non-hydrogen) atoms. The molecule has 0 unspecified atom stereocenters. The van der Waals surface area contributed by atoms with Crippen molar-refractivity contribution >= 4 is 17.9 Å². The molecule has 0 rings (SSSR count). The van der Waals surface area contributed by atoms with Gasteiger partial charge in [-0.3, -0.25) is 14.4 Å². The second-order valence-corrected chi connectivity index (χ2v) is 16.3.